The zero-order chi connectivity index (χ0) is 13.0. The van der Waals surface area contributed by atoms with Crippen LogP contribution in [-0.2, 0) is 6.42 Å². The minimum absolute atomic E-state index is 0.492. The number of aromatic nitrogens is 2. The van der Waals surface area contributed by atoms with E-state index in [0.29, 0.717) is 5.25 Å². The second-order valence-electron chi connectivity index (χ2n) is 4.47. The average Bonchev–Trinajstić information content (AvgIpc) is 2.88. The summed E-state index contributed by atoms with van der Waals surface area (Å²) < 4.78 is 1.04. The Balaban J connectivity index is 2.33. The molecule has 1 unspecified atom stereocenters. The van der Waals surface area contributed by atoms with E-state index in [9.17, 15) is 0 Å². The Morgan fingerprint density at radius 3 is 2.83 bits per heavy atom. The predicted octanol–water partition coefficient (Wildman–Crippen LogP) is 4.19. The molecule has 0 aromatic carbocycles. The van der Waals surface area contributed by atoms with Crippen LogP contribution in [0.3, 0.4) is 0 Å². The Bertz CT molecular complexity index is 378. The van der Waals surface area contributed by atoms with Crippen LogP contribution in [-0.4, -0.2) is 22.3 Å². The van der Waals surface area contributed by atoms with Crippen molar-refractivity contribution in [3.63, 3.8) is 0 Å². The number of halogens is 1. The number of nitrogens with zero attached hydrogens (tertiary/aromatic N) is 2. The molecule has 1 aliphatic rings. The average molecular weight is 330 g/mol. The van der Waals surface area contributed by atoms with Crippen molar-refractivity contribution in [1.82, 2.24) is 9.97 Å². The summed E-state index contributed by atoms with van der Waals surface area (Å²) in [5.74, 6) is 3.21. The number of hydrogen-bond acceptors (Lipinski definition) is 4. The van der Waals surface area contributed by atoms with E-state index in [0.717, 1.165) is 41.2 Å². The number of nitrogens with one attached hydrogen (secondary N) is 1. The van der Waals surface area contributed by atoms with Gasteiger partial charge in [0.2, 0.25) is 0 Å². The molecule has 0 saturated carbocycles. The van der Waals surface area contributed by atoms with Gasteiger partial charge in [0, 0.05) is 6.54 Å². The summed E-state index contributed by atoms with van der Waals surface area (Å²) in [6, 6.07) is 0. The Kier molecular flexibility index (Phi) is 5.30. The Labute approximate surface area is 122 Å². The van der Waals surface area contributed by atoms with Gasteiger partial charge in [0.05, 0.1) is 15.4 Å². The number of hydrogen-bond donors (Lipinski definition) is 1. The normalized spacial score (nSPS) is 19.2. The van der Waals surface area contributed by atoms with Gasteiger partial charge in [0.25, 0.3) is 0 Å². The van der Waals surface area contributed by atoms with Crippen LogP contribution in [0.4, 0.5) is 5.82 Å². The molecule has 18 heavy (non-hydrogen) atoms. The molecule has 1 atom stereocenters. The first-order chi connectivity index (χ1) is 8.76. The van der Waals surface area contributed by atoms with Gasteiger partial charge in [-0.1, -0.05) is 13.3 Å². The fourth-order valence-electron chi connectivity index (χ4n) is 2.12. The van der Waals surface area contributed by atoms with Crippen LogP contribution in [0.25, 0.3) is 0 Å². The fraction of sp³-hybridized carbons (Fsp3) is 0.692. The molecule has 0 aliphatic carbocycles. The Hall–Kier alpha value is -0.290. The summed E-state index contributed by atoms with van der Waals surface area (Å²) in [7, 11) is 0. The summed E-state index contributed by atoms with van der Waals surface area (Å²) in [6.45, 7) is 5.17. The van der Waals surface area contributed by atoms with Crippen molar-refractivity contribution in [1.29, 1.82) is 0 Å². The first kappa shape index (κ1) is 14.1. The molecule has 1 fully saturated rings. The number of anilines is 1. The van der Waals surface area contributed by atoms with Crippen molar-refractivity contribution in [3.8, 4) is 0 Å². The van der Waals surface area contributed by atoms with Crippen molar-refractivity contribution < 1.29 is 0 Å². The van der Waals surface area contributed by atoms with E-state index in [1.807, 2.05) is 11.8 Å². The van der Waals surface area contributed by atoms with Gasteiger partial charge in [-0.2, -0.15) is 11.8 Å². The maximum absolute atomic E-state index is 4.77. The van der Waals surface area contributed by atoms with E-state index in [4.69, 9.17) is 9.97 Å². The highest BCUT2D eigenvalue weighted by Crippen LogP contribution is 2.39. The van der Waals surface area contributed by atoms with E-state index < -0.39 is 0 Å². The number of rotatable bonds is 5. The number of thioether (sulfide) groups is 1. The SMILES string of the molecule is CCCc1nc(C2CCCS2)nc(NCC)c1Br. The predicted molar refractivity (Wildman–Crippen MR) is 82.3 cm³/mol. The molecule has 1 aliphatic heterocycles. The van der Waals surface area contributed by atoms with Gasteiger partial charge in [-0.3, -0.25) is 0 Å². The molecule has 2 heterocycles. The van der Waals surface area contributed by atoms with E-state index in [-0.39, 0.29) is 0 Å². The lowest BCUT2D eigenvalue weighted by molar-refractivity contribution is 0.754. The van der Waals surface area contributed by atoms with Crippen LogP contribution in [0.5, 0.6) is 0 Å². The van der Waals surface area contributed by atoms with E-state index in [1.165, 1.54) is 18.6 Å². The van der Waals surface area contributed by atoms with Crippen molar-refractivity contribution in [2.24, 2.45) is 0 Å². The zero-order valence-electron chi connectivity index (χ0n) is 11.0. The monoisotopic (exact) mass is 329 g/mol. The van der Waals surface area contributed by atoms with Gasteiger partial charge >= 0.3 is 0 Å². The molecule has 1 saturated heterocycles. The molecule has 1 N–H and O–H groups in total. The second kappa shape index (κ2) is 6.75. The van der Waals surface area contributed by atoms with Crippen LogP contribution in [0.1, 0.15) is 49.9 Å². The smallest absolute Gasteiger partial charge is 0.144 e. The third kappa shape index (κ3) is 3.18. The third-order valence-corrected chi connectivity index (χ3v) is 5.19. The standard InChI is InChI=1S/C13H20BrN3S/c1-3-6-9-11(14)13(15-4-2)17-12(16-9)10-7-5-8-18-10/h10H,3-8H2,1-2H3,(H,15,16,17). The molecule has 2 rings (SSSR count). The van der Waals surface area contributed by atoms with Crippen LogP contribution in [0.15, 0.2) is 4.47 Å². The summed E-state index contributed by atoms with van der Waals surface area (Å²) in [6.07, 6.45) is 4.61. The van der Waals surface area contributed by atoms with E-state index >= 15 is 0 Å². The fourth-order valence-corrected chi connectivity index (χ4v) is 3.85. The maximum atomic E-state index is 4.77. The van der Waals surface area contributed by atoms with Gasteiger partial charge in [0.15, 0.2) is 0 Å². The third-order valence-electron chi connectivity index (χ3n) is 2.99. The van der Waals surface area contributed by atoms with Gasteiger partial charge in [-0.05, 0) is 47.9 Å². The van der Waals surface area contributed by atoms with Gasteiger partial charge in [0.1, 0.15) is 11.6 Å². The second-order valence-corrected chi connectivity index (χ2v) is 6.58. The topological polar surface area (TPSA) is 37.8 Å². The lowest BCUT2D eigenvalue weighted by Gasteiger charge is -2.14. The largest absolute Gasteiger partial charge is 0.369 e. The van der Waals surface area contributed by atoms with Crippen molar-refractivity contribution in [2.75, 3.05) is 17.6 Å². The molecule has 3 nitrogen and oxygen atoms in total. The lowest BCUT2D eigenvalue weighted by atomic mass is 10.2. The van der Waals surface area contributed by atoms with Crippen molar-refractivity contribution in [3.05, 3.63) is 16.0 Å². The first-order valence-corrected chi connectivity index (χ1v) is 8.52. The van der Waals surface area contributed by atoms with Gasteiger partial charge < -0.3 is 5.32 Å². The van der Waals surface area contributed by atoms with Crippen LogP contribution in [0.2, 0.25) is 0 Å². The highest BCUT2D eigenvalue weighted by molar-refractivity contribution is 9.10. The van der Waals surface area contributed by atoms with Gasteiger partial charge in [-0.15, -0.1) is 0 Å². The maximum Gasteiger partial charge on any atom is 0.144 e. The van der Waals surface area contributed by atoms with Crippen LogP contribution >= 0.6 is 27.7 Å². The molecule has 100 valence electrons. The molecule has 0 amide bonds. The first-order valence-electron chi connectivity index (χ1n) is 6.68. The van der Waals surface area contributed by atoms with Crippen molar-refractivity contribution >= 4 is 33.5 Å². The summed E-state index contributed by atoms with van der Waals surface area (Å²) in [4.78, 5) is 9.47. The Morgan fingerprint density at radius 2 is 2.22 bits per heavy atom. The number of aryl methyl sites for hydroxylation is 1. The summed E-state index contributed by atoms with van der Waals surface area (Å²) in [5.41, 5.74) is 1.14. The molecule has 1 aromatic rings. The minimum atomic E-state index is 0.492. The van der Waals surface area contributed by atoms with Crippen LogP contribution < -0.4 is 5.32 Å². The molecule has 1 aromatic heterocycles. The molecule has 0 radical (unpaired) electrons. The van der Waals surface area contributed by atoms with E-state index in [1.54, 1.807) is 0 Å². The molecule has 0 spiro atoms. The van der Waals surface area contributed by atoms with Crippen molar-refractivity contribution in [2.45, 2.75) is 44.8 Å². The summed E-state index contributed by atoms with van der Waals surface area (Å²) >= 11 is 5.62. The molecule has 5 heteroatoms. The molecular weight excluding hydrogens is 310 g/mol. The highest BCUT2D eigenvalue weighted by atomic mass is 79.9. The molecule has 0 bridgehead atoms. The highest BCUT2D eigenvalue weighted by Gasteiger charge is 2.22. The lowest BCUT2D eigenvalue weighted by Crippen LogP contribution is -2.09. The van der Waals surface area contributed by atoms with Crippen LogP contribution in [0, 0.1) is 0 Å². The summed E-state index contributed by atoms with van der Waals surface area (Å²) in [5, 5.41) is 3.82. The van der Waals surface area contributed by atoms with Gasteiger partial charge in [-0.25, -0.2) is 9.97 Å². The quantitative estimate of drug-likeness (QED) is 0.878. The molecular formula is C13H20BrN3S. The van der Waals surface area contributed by atoms with E-state index in [2.05, 4.69) is 35.1 Å². The minimum Gasteiger partial charge on any atom is -0.369 e. The zero-order valence-corrected chi connectivity index (χ0v) is 13.4. The Morgan fingerprint density at radius 1 is 1.39 bits per heavy atom.